The molecule has 0 saturated heterocycles. The standard InChI is InChI=1S/C15H19N5O/c1-4-16-12(9-15-17-19-20(3)18-15)14-8-11-7-10(2)5-6-13(11)21-14/h5-8,12,16H,4,9H2,1-3H3. The second-order valence-corrected chi connectivity index (χ2v) is 5.20. The molecule has 1 unspecified atom stereocenters. The smallest absolute Gasteiger partial charge is 0.176 e. The van der Waals surface area contributed by atoms with Gasteiger partial charge in [-0.15, -0.1) is 10.2 Å². The topological polar surface area (TPSA) is 68.8 Å². The minimum Gasteiger partial charge on any atom is -0.459 e. The maximum atomic E-state index is 5.97. The fraction of sp³-hybridized carbons (Fsp3) is 0.400. The van der Waals surface area contributed by atoms with Crippen LogP contribution in [0.4, 0.5) is 0 Å². The van der Waals surface area contributed by atoms with Gasteiger partial charge < -0.3 is 9.73 Å². The third-order valence-corrected chi connectivity index (χ3v) is 3.42. The van der Waals surface area contributed by atoms with Gasteiger partial charge in [0.1, 0.15) is 11.3 Å². The zero-order valence-corrected chi connectivity index (χ0v) is 12.5. The molecule has 1 aromatic carbocycles. The summed E-state index contributed by atoms with van der Waals surface area (Å²) in [5, 5.41) is 16.7. The molecule has 0 fully saturated rings. The molecule has 6 heteroatoms. The number of hydrogen-bond donors (Lipinski definition) is 1. The van der Waals surface area contributed by atoms with E-state index in [2.05, 4.69) is 52.8 Å². The maximum absolute atomic E-state index is 5.97. The van der Waals surface area contributed by atoms with Crippen LogP contribution in [-0.2, 0) is 13.5 Å². The van der Waals surface area contributed by atoms with Gasteiger partial charge in [0, 0.05) is 11.8 Å². The molecule has 21 heavy (non-hydrogen) atoms. The van der Waals surface area contributed by atoms with Gasteiger partial charge in [-0.2, -0.15) is 4.80 Å². The molecule has 0 aliphatic carbocycles. The average molecular weight is 285 g/mol. The minimum atomic E-state index is 0.0481. The highest BCUT2D eigenvalue weighted by molar-refractivity contribution is 5.78. The summed E-state index contributed by atoms with van der Waals surface area (Å²) in [5.74, 6) is 1.62. The van der Waals surface area contributed by atoms with Crippen molar-refractivity contribution in [1.82, 2.24) is 25.5 Å². The van der Waals surface area contributed by atoms with E-state index in [4.69, 9.17) is 4.42 Å². The van der Waals surface area contributed by atoms with Crippen molar-refractivity contribution in [2.45, 2.75) is 26.3 Å². The second kappa shape index (κ2) is 5.65. The Balaban J connectivity index is 1.90. The van der Waals surface area contributed by atoms with Crippen molar-refractivity contribution in [2.24, 2.45) is 7.05 Å². The Morgan fingerprint density at radius 3 is 2.90 bits per heavy atom. The summed E-state index contributed by atoms with van der Waals surface area (Å²) >= 11 is 0. The van der Waals surface area contributed by atoms with Crippen LogP contribution in [-0.4, -0.2) is 26.8 Å². The van der Waals surface area contributed by atoms with E-state index in [0.717, 1.165) is 23.3 Å². The summed E-state index contributed by atoms with van der Waals surface area (Å²) in [5.41, 5.74) is 2.14. The lowest BCUT2D eigenvalue weighted by Crippen LogP contribution is -2.23. The lowest BCUT2D eigenvalue weighted by Gasteiger charge is -2.12. The van der Waals surface area contributed by atoms with Crippen LogP contribution in [0.25, 0.3) is 11.0 Å². The molecule has 0 spiro atoms. The monoisotopic (exact) mass is 285 g/mol. The highest BCUT2D eigenvalue weighted by Crippen LogP contribution is 2.26. The molecule has 110 valence electrons. The predicted octanol–water partition coefficient (Wildman–Crippen LogP) is 2.16. The van der Waals surface area contributed by atoms with Gasteiger partial charge in [-0.05, 0) is 36.9 Å². The van der Waals surface area contributed by atoms with Crippen LogP contribution in [0.2, 0.25) is 0 Å². The molecular formula is C15H19N5O. The maximum Gasteiger partial charge on any atom is 0.176 e. The summed E-state index contributed by atoms with van der Waals surface area (Å²) in [6, 6.07) is 8.34. The van der Waals surface area contributed by atoms with Crippen LogP contribution >= 0.6 is 0 Å². The number of benzene rings is 1. The number of hydrogen-bond acceptors (Lipinski definition) is 5. The first-order valence-corrected chi connectivity index (χ1v) is 7.12. The molecule has 2 heterocycles. The quantitative estimate of drug-likeness (QED) is 0.778. The van der Waals surface area contributed by atoms with Crippen LogP contribution in [0.5, 0.6) is 0 Å². The van der Waals surface area contributed by atoms with Gasteiger partial charge in [-0.25, -0.2) is 0 Å². The van der Waals surface area contributed by atoms with E-state index in [1.165, 1.54) is 10.4 Å². The van der Waals surface area contributed by atoms with Gasteiger partial charge >= 0.3 is 0 Å². The molecule has 3 aromatic rings. The third kappa shape index (κ3) is 2.95. The second-order valence-electron chi connectivity index (χ2n) is 5.20. The number of likely N-dealkylation sites (N-methyl/N-ethyl adjacent to an activating group) is 1. The summed E-state index contributed by atoms with van der Waals surface area (Å²) < 4.78 is 5.97. The predicted molar refractivity (Wildman–Crippen MR) is 79.9 cm³/mol. The fourth-order valence-electron chi connectivity index (χ4n) is 2.46. The Hall–Kier alpha value is -2.21. The largest absolute Gasteiger partial charge is 0.459 e. The highest BCUT2D eigenvalue weighted by atomic mass is 16.3. The summed E-state index contributed by atoms with van der Waals surface area (Å²) in [6.07, 6.45) is 0.653. The van der Waals surface area contributed by atoms with E-state index in [0.29, 0.717) is 12.2 Å². The Morgan fingerprint density at radius 2 is 2.19 bits per heavy atom. The van der Waals surface area contributed by atoms with Crippen LogP contribution in [0, 0.1) is 6.92 Å². The molecule has 0 saturated carbocycles. The molecule has 1 atom stereocenters. The average Bonchev–Trinajstić information content (AvgIpc) is 3.04. The van der Waals surface area contributed by atoms with E-state index in [1.54, 1.807) is 7.05 Å². The molecule has 0 aliphatic rings. The van der Waals surface area contributed by atoms with E-state index < -0.39 is 0 Å². The minimum absolute atomic E-state index is 0.0481. The summed E-state index contributed by atoms with van der Waals surface area (Å²) in [6.45, 7) is 5.00. The van der Waals surface area contributed by atoms with Crippen molar-refractivity contribution in [3.8, 4) is 0 Å². The molecule has 0 bridgehead atoms. The Morgan fingerprint density at radius 1 is 1.33 bits per heavy atom. The molecule has 2 aromatic heterocycles. The Labute approximate surface area is 123 Å². The van der Waals surface area contributed by atoms with Gasteiger partial charge in [0.05, 0.1) is 13.1 Å². The van der Waals surface area contributed by atoms with Crippen molar-refractivity contribution in [3.63, 3.8) is 0 Å². The molecule has 1 N–H and O–H groups in total. The Kier molecular flexibility index (Phi) is 3.70. The van der Waals surface area contributed by atoms with Gasteiger partial charge in [0.25, 0.3) is 0 Å². The van der Waals surface area contributed by atoms with Gasteiger partial charge in [-0.1, -0.05) is 18.6 Å². The van der Waals surface area contributed by atoms with Crippen LogP contribution in [0.15, 0.2) is 28.7 Å². The SMILES string of the molecule is CCNC(Cc1nnn(C)n1)c1cc2cc(C)ccc2o1. The first kappa shape index (κ1) is 13.8. The first-order chi connectivity index (χ1) is 10.2. The van der Waals surface area contributed by atoms with Crippen molar-refractivity contribution < 1.29 is 4.42 Å². The van der Waals surface area contributed by atoms with Gasteiger partial charge in [-0.3, -0.25) is 0 Å². The van der Waals surface area contributed by atoms with E-state index in [-0.39, 0.29) is 6.04 Å². The third-order valence-electron chi connectivity index (χ3n) is 3.42. The number of aryl methyl sites for hydroxylation is 2. The fourth-order valence-corrected chi connectivity index (χ4v) is 2.46. The number of aromatic nitrogens is 4. The van der Waals surface area contributed by atoms with Crippen molar-refractivity contribution in [3.05, 3.63) is 41.4 Å². The first-order valence-electron chi connectivity index (χ1n) is 7.12. The number of fused-ring (bicyclic) bond motifs is 1. The van der Waals surface area contributed by atoms with Crippen molar-refractivity contribution in [2.75, 3.05) is 6.54 Å². The van der Waals surface area contributed by atoms with Crippen LogP contribution in [0.1, 0.15) is 30.1 Å². The van der Waals surface area contributed by atoms with E-state index in [9.17, 15) is 0 Å². The molecule has 0 aliphatic heterocycles. The zero-order valence-electron chi connectivity index (χ0n) is 12.5. The normalized spacial score (nSPS) is 12.9. The molecule has 0 amide bonds. The molecule has 3 rings (SSSR count). The lowest BCUT2D eigenvalue weighted by molar-refractivity contribution is 0.429. The van der Waals surface area contributed by atoms with Gasteiger partial charge in [0.2, 0.25) is 0 Å². The van der Waals surface area contributed by atoms with Crippen LogP contribution in [0.3, 0.4) is 0 Å². The number of nitrogens with one attached hydrogen (secondary N) is 1. The summed E-state index contributed by atoms with van der Waals surface area (Å²) in [7, 11) is 1.77. The summed E-state index contributed by atoms with van der Waals surface area (Å²) in [4.78, 5) is 1.47. The number of furan rings is 1. The molecular weight excluding hydrogens is 266 g/mol. The number of tetrazole rings is 1. The Bertz CT molecular complexity index is 745. The highest BCUT2D eigenvalue weighted by Gasteiger charge is 2.18. The molecule has 6 nitrogen and oxygen atoms in total. The van der Waals surface area contributed by atoms with Crippen molar-refractivity contribution in [1.29, 1.82) is 0 Å². The van der Waals surface area contributed by atoms with E-state index in [1.807, 2.05) is 6.07 Å². The number of rotatable bonds is 5. The number of nitrogens with zero attached hydrogens (tertiary/aromatic N) is 4. The van der Waals surface area contributed by atoms with Crippen LogP contribution < -0.4 is 5.32 Å². The van der Waals surface area contributed by atoms with Gasteiger partial charge in [0.15, 0.2) is 5.82 Å². The zero-order chi connectivity index (χ0) is 14.8. The lowest BCUT2D eigenvalue weighted by atomic mass is 10.1. The van der Waals surface area contributed by atoms with E-state index >= 15 is 0 Å². The van der Waals surface area contributed by atoms with Crippen molar-refractivity contribution >= 4 is 11.0 Å². The molecule has 0 radical (unpaired) electrons.